The molecule has 0 aromatic heterocycles. The van der Waals surface area contributed by atoms with Gasteiger partial charge in [0.15, 0.2) is 5.78 Å². The Morgan fingerprint density at radius 3 is 2.70 bits per heavy atom. The van der Waals surface area contributed by atoms with E-state index in [1.54, 1.807) is 7.05 Å². The highest BCUT2D eigenvalue weighted by Crippen LogP contribution is 2.56. The fourth-order valence-corrected chi connectivity index (χ4v) is 5.55. The number of carbonyl (C=O) groups excluding carboxylic acids is 3. The number of ketones is 1. The summed E-state index contributed by atoms with van der Waals surface area (Å²) in [5.74, 6) is -1.07. The maximum atomic E-state index is 13.3. The molecule has 1 aliphatic carbocycles. The van der Waals surface area contributed by atoms with Gasteiger partial charge in [0, 0.05) is 18.7 Å². The average molecular weight is 310 g/mol. The van der Waals surface area contributed by atoms with Gasteiger partial charge < -0.3 is 0 Å². The van der Waals surface area contributed by atoms with Crippen molar-refractivity contribution < 1.29 is 14.4 Å². The van der Waals surface area contributed by atoms with Crippen LogP contribution in [0.2, 0.25) is 0 Å². The van der Waals surface area contributed by atoms with Gasteiger partial charge in [-0.15, -0.1) is 0 Å². The van der Waals surface area contributed by atoms with Crippen LogP contribution in [0, 0.1) is 11.8 Å². The lowest BCUT2D eigenvalue weighted by atomic mass is 9.76. The van der Waals surface area contributed by atoms with Gasteiger partial charge in [0.05, 0.1) is 11.8 Å². The summed E-state index contributed by atoms with van der Waals surface area (Å²) in [4.78, 5) is 42.2. The number of hydrogen-bond acceptors (Lipinski definition) is 4. The molecule has 5 rings (SSSR count). The summed E-state index contributed by atoms with van der Waals surface area (Å²) in [5, 5.41) is 0. The molecular weight excluding hydrogens is 292 g/mol. The minimum absolute atomic E-state index is 0.0414. The molecule has 4 atom stereocenters. The third-order valence-electron chi connectivity index (χ3n) is 6.43. The first-order valence-corrected chi connectivity index (χ1v) is 8.28. The van der Waals surface area contributed by atoms with Gasteiger partial charge in [-0.05, 0) is 31.4 Å². The first-order valence-electron chi connectivity index (χ1n) is 8.28. The van der Waals surface area contributed by atoms with Crippen LogP contribution in [0.1, 0.15) is 28.8 Å². The van der Waals surface area contributed by atoms with Crippen LogP contribution in [-0.4, -0.2) is 52.6 Å². The molecule has 0 saturated carbocycles. The number of Topliss-reactive ketones (excluding diaryl/α,β-unsaturated/α-hetero) is 1. The molecule has 23 heavy (non-hydrogen) atoms. The van der Waals surface area contributed by atoms with E-state index >= 15 is 0 Å². The van der Waals surface area contributed by atoms with Crippen molar-refractivity contribution >= 4 is 17.6 Å². The molecule has 4 aliphatic rings. The third-order valence-corrected chi connectivity index (χ3v) is 6.43. The van der Waals surface area contributed by atoms with E-state index in [2.05, 4.69) is 4.90 Å². The van der Waals surface area contributed by atoms with Crippen molar-refractivity contribution in [2.75, 3.05) is 13.6 Å². The molecule has 118 valence electrons. The topological polar surface area (TPSA) is 57.7 Å². The highest BCUT2D eigenvalue weighted by molar-refractivity contribution is 6.15. The quantitative estimate of drug-likeness (QED) is 0.667. The van der Waals surface area contributed by atoms with Crippen molar-refractivity contribution in [1.29, 1.82) is 0 Å². The fourth-order valence-electron chi connectivity index (χ4n) is 5.55. The molecule has 0 radical (unpaired) electrons. The van der Waals surface area contributed by atoms with Crippen LogP contribution < -0.4 is 0 Å². The lowest BCUT2D eigenvalue weighted by Gasteiger charge is -2.36. The second kappa shape index (κ2) is 4.09. The summed E-state index contributed by atoms with van der Waals surface area (Å²) in [7, 11) is 1.56. The molecule has 0 unspecified atom stereocenters. The molecule has 3 fully saturated rings. The van der Waals surface area contributed by atoms with E-state index in [1.807, 2.05) is 24.3 Å². The average Bonchev–Trinajstić information content (AvgIpc) is 3.24. The Labute approximate surface area is 134 Å². The highest BCUT2D eigenvalue weighted by atomic mass is 16.2. The van der Waals surface area contributed by atoms with E-state index in [9.17, 15) is 14.4 Å². The molecule has 5 heteroatoms. The normalized spacial score (nSPS) is 38.6. The Kier molecular flexibility index (Phi) is 2.39. The minimum Gasteiger partial charge on any atom is -0.292 e. The van der Waals surface area contributed by atoms with E-state index in [4.69, 9.17) is 0 Å². The second-order valence-corrected chi connectivity index (χ2v) is 7.23. The Morgan fingerprint density at radius 2 is 1.91 bits per heavy atom. The van der Waals surface area contributed by atoms with Gasteiger partial charge in [0.1, 0.15) is 5.54 Å². The van der Waals surface area contributed by atoms with Gasteiger partial charge in [-0.2, -0.15) is 0 Å². The number of imide groups is 1. The van der Waals surface area contributed by atoms with Gasteiger partial charge in [-0.1, -0.05) is 24.3 Å². The molecular formula is C18H18N2O3. The maximum Gasteiger partial charge on any atom is 0.235 e. The summed E-state index contributed by atoms with van der Waals surface area (Å²) >= 11 is 0. The maximum absolute atomic E-state index is 13.3. The molecule has 1 aromatic rings. The zero-order valence-corrected chi connectivity index (χ0v) is 13.0. The van der Waals surface area contributed by atoms with Crippen molar-refractivity contribution in [3.8, 4) is 0 Å². The standard InChI is InChI=1S/C18H18N2O3/c1-19-16(22)13-12-7-4-8-20(12)18(14(13)17(19)23)9-10-5-2-3-6-11(10)15(18)21/h2-3,5-6,12-14H,4,7-9H2,1H3/t12-,13+,14-,18+/m0/s1. The molecule has 3 saturated heterocycles. The Morgan fingerprint density at radius 1 is 1.13 bits per heavy atom. The van der Waals surface area contributed by atoms with Gasteiger partial charge in [0.2, 0.25) is 11.8 Å². The molecule has 0 N–H and O–H groups in total. The Bertz CT molecular complexity index is 773. The van der Waals surface area contributed by atoms with Crippen molar-refractivity contribution in [3.05, 3.63) is 35.4 Å². The predicted octanol–water partition coefficient (Wildman–Crippen LogP) is 0.873. The van der Waals surface area contributed by atoms with Crippen LogP contribution in [-0.2, 0) is 16.0 Å². The lowest BCUT2D eigenvalue weighted by Crippen LogP contribution is -2.56. The van der Waals surface area contributed by atoms with E-state index in [1.165, 1.54) is 4.90 Å². The second-order valence-electron chi connectivity index (χ2n) is 7.23. The van der Waals surface area contributed by atoms with Gasteiger partial charge in [-0.25, -0.2) is 0 Å². The molecule has 3 heterocycles. The Balaban J connectivity index is 1.72. The fraction of sp³-hybridized carbons (Fsp3) is 0.500. The number of amides is 2. The number of hydrogen-bond donors (Lipinski definition) is 0. The van der Waals surface area contributed by atoms with Crippen LogP contribution in [0.4, 0.5) is 0 Å². The van der Waals surface area contributed by atoms with Gasteiger partial charge in [0.25, 0.3) is 0 Å². The van der Waals surface area contributed by atoms with E-state index in [0.29, 0.717) is 6.42 Å². The van der Waals surface area contributed by atoms with Gasteiger partial charge in [-0.3, -0.25) is 24.2 Å². The summed E-state index contributed by atoms with van der Waals surface area (Å²) < 4.78 is 0. The monoisotopic (exact) mass is 310 g/mol. The van der Waals surface area contributed by atoms with Crippen molar-refractivity contribution in [1.82, 2.24) is 9.80 Å². The zero-order chi connectivity index (χ0) is 15.9. The minimum atomic E-state index is -0.826. The summed E-state index contributed by atoms with van der Waals surface area (Å²) in [5.41, 5.74) is 0.916. The van der Waals surface area contributed by atoms with Crippen LogP contribution in [0.5, 0.6) is 0 Å². The third kappa shape index (κ3) is 1.32. The zero-order valence-electron chi connectivity index (χ0n) is 13.0. The summed E-state index contributed by atoms with van der Waals surface area (Å²) in [6.45, 7) is 0.807. The SMILES string of the molecule is CN1C(=O)[C@H]2[C@@H](C1=O)[C@@]1(Cc3ccccc3C1=O)N1CCC[C@@H]21. The molecule has 1 spiro atoms. The smallest absolute Gasteiger partial charge is 0.235 e. The molecule has 0 bridgehead atoms. The molecule has 1 aromatic carbocycles. The first kappa shape index (κ1) is 13.4. The molecule has 3 aliphatic heterocycles. The predicted molar refractivity (Wildman–Crippen MR) is 81.7 cm³/mol. The highest BCUT2D eigenvalue weighted by Gasteiger charge is 2.72. The number of likely N-dealkylation sites (tertiary alicyclic amines) is 1. The first-order chi connectivity index (χ1) is 11.1. The van der Waals surface area contributed by atoms with Crippen LogP contribution in [0.3, 0.4) is 0 Å². The number of nitrogens with zero attached hydrogens (tertiary/aromatic N) is 2. The lowest BCUT2D eigenvalue weighted by molar-refractivity contribution is -0.140. The number of carbonyl (C=O) groups is 3. The van der Waals surface area contributed by atoms with Crippen molar-refractivity contribution in [2.24, 2.45) is 11.8 Å². The number of benzene rings is 1. The Hall–Kier alpha value is -2.01. The number of rotatable bonds is 0. The van der Waals surface area contributed by atoms with Crippen molar-refractivity contribution in [2.45, 2.75) is 30.8 Å². The van der Waals surface area contributed by atoms with Crippen LogP contribution in [0.25, 0.3) is 0 Å². The van der Waals surface area contributed by atoms with Crippen LogP contribution in [0.15, 0.2) is 24.3 Å². The largest absolute Gasteiger partial charge is 0.292 e. The summed E-state index contributed by atoms with van der Waals surface area (Å²) in [6, 6.07) is 7.69. The van der Waals surface area contributed by atoms with E-state index in [-0.39, 0.29) is 29.6 Å². The van der Waals surface area contributed by atoms with Crippen molar-refractivity contribution in [3.63, 3.8) is 0 Å². The van der Waals surface area contributed by atoms with E-state index in [0.717, 1.165) is 30.5 Å². The molecule has 5 nitrogen and oxygen atoms in total. The van der Waals surface area contributed by atoms with E-state index < -0.39 is 11.5 Å². The van der Waals surface area contributed by atoms with Gasteiger partial charge >= 0.3 is 0 Å². The summed E-state index contributed by atoms with van der Waals surface area (Å²) in [6.07, 6.45) is 2.45. The molecule has 2 amide bonds. The van der Waals surface area contributed by atoms with Crippen LogP contribution >= 0.6 is 0 Å². The number of fused-ring (bicyclic) bond motifs is 6.